The summed E-state index contributed by atoms with van der Waals surface area (Å²) in [5.74, 6) is -1.06. The van der Waals surface area contributed by atoms with Gasteiger partial charge in [0.25, 0.3) is 0 Å². The van der Waals surface area contributed by atoms with Crippen LogP contribution in [0.1, 0.15) is 13.3 Å². The SMILES string of the molecule is C=N/C(CC)=C(\C(=[NH+]C)C(=O)O)N(C)/C=C/N. The predicted molar refractivity (Wildman–Crippen MR) is 67.5 cm³/mol. The Kier molecular flexibility index (Phi) is 6.32. The second-order valence-electron chi connectivity index (χ2n) is 3.19. The van der Waals surface area contributed by atoms with E-state index in [1.54, 1.807) is 25.2 Å². The fourth-order valence-electron chi connectivity index (χ4n) is 1.41. The van der Waals surface area contributed by atoms with E-state index in [0.717, 1.165) is 0 Å². The highest BCUT2D eigenvalue weighted by atomic mass is 16.4. The van der Waals surface area contributed by atoms with Crippen LogP contribution in [0.5, 0.6) is 0 Å². The number of allylic oxidation sites excluding steroid dienone is 1. The second-order valence-corrected chi connectivity index (χ2v) is 3.19. The van der Waals surface area contributed by atoms with Crippen LogP contribution in [0.15, 0.2) is 28.8 Å². The molecule has 94 valence electrons. The van der Waals surface area contributed by atoms with E-state index >= 15 is 0 Å². The van der Waals surface area contributed by atoms with Crippen LogP contribution in [0.4, 0.5) is 0 Å². The van der Waals surface area contributed by atoms with Crippen molar-refractivity contribution >= 4 is 18.4 Å². The molecule has 0 bridgehead atoms. The molecule has 0 heterocycles. The van der Waals surface area contributed by atoms with Crippen molar-refractivity contribution in [2.75, 3.05) is 14.1 Å². The van der Waals surface area contributed by atoms with Crippen LogP contribution in [0.2, 0.25) is 0 Å². The zero-order valence-electron chi connectivity index (χ0n) is 10.4. The van der Waals surface area contributed by atoms with Gasteiger partial charge in [-0.15, -0.1) is 0 Å². The zero-order chi connectivity index (χ0) is 13.4. The van der Waals surface area contributed by atoms with Crippen LogP contribution in [0.25, 0.3) is 0 Å². The summed E-state index contributed by atoms with van der Waals surface area (Å²) in [6.07, 6.45) is 3.45. The average Bonchev–Trinajstić information content (AvgIpc) is 2.29. The number of nitrogens with zero attached hydrogens (tertiary/aromatic N) is 2. The minimum absolute atomic E-state index is 0.0508. The molecular formula is C11H19N4O2+. The molecule has 0 aromatic rings. The molecule has 4 N–H and O–H groups in total. The van der Waals surface area contributed by atoms with E-state index in [1.807, 2.05) is 6.92 Å². The largest absolute Gasteiger partial charge is 0.473 e. The molecule has 0 spiro atoms. The molecule has 0 saturated heterocycles. The first-order chi connectivity index (χ1) is 8.03. The Morgan fingerprint density at radius 1 is 1.65 bits per heavy atom. The van der Waals surface area contributed by atoms with Crippen molar-refractivity contribution < 1.29 is 14.9 Å². The molecule has 0 fully saturated rings. The Morgan fingerprint density at radius 3 is 2.53 bits per heavy atom. The van der Waals surface area contributed by atoms with Gasteiger partial charge in [-0.1, -0.05) is 6.92 Å². The van der Waals surface area contributed by atoms with Gasteiger partial charge in [-0.3, -0.25) is 4.99 Å². The van der Waals surface area contributed by atoms with Gasteiger partial charge in [-0.2, -0.15) is 0 Å². The number of nitrogens with two attached hydrogens (primary N) is 1. The maximum absolute atomic E-state index is 11.1. The van der Waals surface area contributed by atoms with E-state index in [9.17, 15) is 4.79 Å². The van der Waals surface area contributed by atoms with E-state index < -0.39 is 5.97 Å². The molecule has 6 nitrogen and oxygen atoms in total. The first kappa shape index (κ1) is 14.9. The fraction of sp³-hybridized carbons (Fsp3) is 0.364. The molecule has 0 aliphatic carbocycles. The highest BCUT2D eigenvalue weighted by Crippen LogP contribution is 2.14. The lowest BCUT2D eigenvalue weighted by Gasteiger charge is -2.17. The van der Waals surface area contributed by atoms with Gasteiger partial charge in [-0.05, 0) is 13.1 Å². The molecule has 0 saturated carbocycles. The summed E-state index contributed by atoms with van der Waals surface area (Å²) in [6.45, 7) is 5.32. The fourth-order valence-corrected chi connectivity index (χ4v) is 1.41. The number of aliphatic carboxylic acids is 1. The lowest BCUT2D eigenvalue weighted by atomic mass is 10.1. The molecule has 0 aliphatic rings. The van der Waals surface area contributed by atoms with Crippen molar-refractivity contribution in [3.8, 4) is 0 Å². The van der Waals surface area contributed by atoms with E-state index in [2.05, 4.69) is 16.7 Å². The summed E-state index contributed by atoms with van der Waals surface area (Å²) in [6, 6.07) is 0. The summed E-state index contributed by atoms with van der Waals surface area (Å²) in [5, 5.41) is 9.12. The van der Waals surface area contributed by atoms with Crippen molar-refractivity contribution in [3.05, 3.63) is 23.8 Å². The summed E-state index contributed by atoms with van der Waals surface area (Å²) < 4.78 is 0. The lowest BCUT2D eigenvalue weighted by molar-refractivity contribution is -0.419. The molecular weight excluding hydrogens is 220 g/mol. The number of nitrogens with one attached hydrogen (secondary N) is 1. The number of hydrogen-bond acceptors (Lipinski definition) is 4. The summed E-state index contributed by atoms with van der Waals surface area (Å²) >= 11 is 0. The van der Waals surface area contributed by atoms with Crippen molar-refractivity contribution in [2.24, 2.45) is 10.7 Å². The zero-order valence-corrected chi connectivity index (χ0v) is 10.4. The Hall–Kier alpha value is -2.11. The number of carboxylic acid groups (broad SMARTS) is 1. The summed E-state index contributed by atoms with van der Waals surface area (Å²) in [5.41, 5.74) is 6.38. The van der Waals surface area contributed by atoms with Gasteiger partial charge < -0.3 is 15.7 Å². The molecule has 6 heteroatoms. The van der Waals surface area contributed by atoms with Crippen LogP contribution >= 0.6 is 0 Å². The van der Waals surface area contributed by atoms with Crippen LogP contribution in [-0.4, -0.2) is 42.5 Å². The average molecular weight is 239 g/mol. The third-order valence-electron chi connectivity index (χ3n) is 2.16. The summed E-state index contributed by atoms with van der Waals surface area (Å²) in [4.78, 5) is 19.2. The van der Waals surface area contributed by atoms with Crippen LogP contribution in [0, 0.1) is 0 Å². The highest BCUT2D eigenvalue weighted by molar-refractivity contribution is 6.39. The number of carbonyl (C=O) groups is 1. The van der Waals surface area contributed by atoms with Crippen molar-refractivity contribution in [3.63, 3.8) is 0 Å². The minimum atomic E-state index is -1.06. The quantitative estimate of drug-likeness (QED) is 0.513. The third-order valence-corrected chi connectivity index (χ3v) is 2.16. The molecule has 0 radical (unpaired) electrons. The Balaban J connectivity index is 5.79. The van der Waals surface area contributed by atoms with Gasteiger partial charge in [0.1, 0.15) is 12.7 Å². The maximum Gasteiger partial charge on any atom is 0.403 e. The van der Waals surface area contributed by atoms with Gasteiger partial charge in [0.2, 0.25) is 0 Å². The number of aliphatic imine (C=N–C) groups is 1. The topological polar surface area (TPSA) is 92.9 Å². The van der Waals surface area contributed by atoms with E-state index in [-0.39, 0.29) is 5.71 Å². The Morgan fingerprint density at radius 2 is 2.24 bits per heavy atom. The van der Waals surface area contributed by atoms with Gasteiger partial charge in [0, 0.05) is 19.4 Å². The standard InChI is InChI=1S/C11H18N4O2/c1-5-8(13-2)10(15(4)7-6-12)9(14-3)11(16)17/h6-7H,2,5,12H2,1,3-4H3,(H,16,17)/p+1/b7-6+,10-8+,14-9?. The van der Waals surface area contributed by atoms with E-state index in [0.29, 0.717) is 17.8 Å². The number of hydrogen-bond donors (Lipinski definition) is 3. The smallest absolute Gasteiger partial charge is 0.403 e. The Bertz CT molecular complexity index is 383. The van der Waals surface area contributed by atoms with Gasteiger partial charge in [-0.25, -0.2) is 9.79 Å². The van der Waals surface area contributed by atoms with E-state index in [4.69, 9.17) is 10.8 Å². The first-order valence-corrected chi connectivity index (χ1v) is 5.12. The minimum Gasteiger partial charge on any atom is -0.473 e. The van der Waals surface area contributed by atoms with Gasteiger partial charge >= 0.3 is 11.7 Å². The van der Waals surface area contributed by atoms with E-state index in [1.165, 1.54) is 6.20 Å². The summed E-state index contributed by atoms with van der Waals surface area (Å²) in [7, 11) is 3.24. The molecule has 0 aromatic heterocycles. The van der Waals surface area contributed by atoms with Crippen molar-refractivity contribution in [1.82, 2.24) is 4.90 Å². The van der Waals surface area contributed by atoms with Crippen LogP contribution in [-0.2, 0) is 4.79 Å². The molecule has 0 aromatic carbocycles. The van der Waals surface area contributed by atoms with Crippen LogP contribution in [0.3, 0.4) is 0 Å². The van der Waals surface area contributed by atoms with Crippen molar-refractivity contribution in [1.29, 1.82) is 0 Å². The molecule has 0 rings (SSSR count). The monoisotopic (exact) mass is 239 g/mol. The molecule has 0 aliphatic heterocycles. The van der Waals surface area contributed by atoms with Crippen molar-refractivity contribution in [2.45, 2.75) is 13.3 Å². The van der Waals surface area contributed by atoms with Gasteiger partial charge in [0.05, 0.1) is 5.70 Å². The Labute approximate surface area is 101 Å². The second kappa shape index (κ2) is 7.21. The van der Waals surface area contributed by atoms with Gasteiger partial charge in [0.15, 0.2) is 0 Å². The normalized spacial score (nSPS) is 13.5. The molecule has 0 amide bonds. The molecule has 0 atom stereocenters. The highest BCUT2D eigenvalue weighted by Gasteiger charge is 2.26. The third kappa shape index (κ3) is 3.75. The lowest BCUT2D eigenvalue weighted by Crippen LogP contribution is -2.71. The first-order valence-electron chi connectivity index (χ1n) is 5.12. The van der Waals surface area contributed by atoms with Crippen LogP contribution < -0.4 is 10.7 Å². The molecule has 0 unspecified atom stereocenters. The number of rotatable bonds is 6. The number of carboxylic acids is 1. The maximum atomic E-state index is 11.1. The predicted octanol–water partition coefficient (Wildman–Crippen LogP) is -1.09. The molecule has 17 heavy (non-hydrogen) atoms.